The molecule has 0 bridgehead atoms. The first-order valence-electron chi connectivity index (χ1n) is 8.13. The third kappa shape index (κ3) is 2.41. The van der Waals surface area contributed by atoms with Gasteiger partial charge in [0.25, 0.3) is 0 Å². The molecule has 0 amide bonds. The zero-order valence-electron chi connectivity index (χ0n) is 12.5. The smallest absolute Gasteiger partial charge is 0.339 e. The maximum atomic E-state index is 12.2. The Morgan fingerprint density at radius 1 is 1.14 bits per heavy atom. The second kappa shape index (κ2) is 5.62. The van der Waals surface area contributed by atoms with E-state index in [0.29, 0.717) is 28.9 Å². The lowest BCUT2D eigenvalue weighted by molar-refractivity contribution is 0.181. The van der Waals surface area contributed by atoms with Gasteiger partial charge >= 0.3 is 5.63 Å². The van der Waals surface area contributed by atoms with Gasteiger partial charge in [-0.15, -0.1) is 0 Å². The van der Waals surface area contributed by atoms with Crippen molar-refractivity contribution in [3.63, 3.8) is 0 Å². The normalized spacial score (nSPS) is 18.0. The molecular weight excluding hydrogens is 300 g/mol. The topological polar surface area (TPSA) is 39.4 Å². The highest BCUT2D eigenvalue weighted by Crippen LogP contribution is 2.35. The SMILES string of the molecule is O=c1oc2cc(OCC3CCC3)c(Cl)cc2c2c1CCCC2. The molecule has 0 radical (unpaired) electrons. The Morgan fingerprint density at radius 2 is 1.91 bits per heavy atom. The average molecular weight is 319 g/mol. The minimum absolute atomic E-state index is 0.200. The molecule has 4 rings (SSSR count). The summed E-state index contributed by atoms with van der Waals surface area (Å²) < 4.78 is 11.3. The Bertz CT molecular complexity index is 774. The molecule has 1 aromatic carbocycles. The van der Waals surface area contributed by atoms with Crippen molar-refractivity contribution in [1.29, 1.82) is 0 Å². The summed E-state index contributed by atoms with van der Waals surface area (Å²) in [5.74, 6) is 1.27. The van der Waals surface area contributed by atoms with Gasteiger partial charge in [0, 0.05) is 17.0 Å². The summed E-state index contributed by atoms with van der Waals surface area (Å²) in [6.45, 7) is 0.695. The second-order valence-corrected chi connectivity index (χ2v) is 6.85. The fourth-order valence-corrected chi connectivity index (χ4v) is 3.64. The minimum atomic E-state index is -0.200. The molecule has 2 aliphatic rings. The Hall–Kier alpha value is -1.48. The summed E-state index contributed by atoms with van der Waals surface area (Å²) in [6, 6.07) is 3.69. The van der Waals surface area contributed by atoms with E-state index in [0.717, 1.165) is 42.2 Å². The Morgan fingerprint density at radius 3 is 2.64 bits per heavy atom. The van der Waals surface area contributed by atoms with Crippen LogP contribution in [0, 0.1) is 5.92 Å². The summed E-state index contributed by atoms with van der Waals surface area (Å²) in [5, 5.41) is 1.57. The molecule has 1 aromatic heterocycles. The van der Waals surface area contributed by atoms with E-state index in [-0.39, 0.29) is 5.63 Å². The minimum Gasteiger partial charge on any atom is -0.492 e. The lowest BCUT2D eigenvalue weighted by atomic mass is 9.86. The van der Waals surface area contributed by atoms with E-state index in [1.807, 2.05) is 6.07 Å². The first-order valence-corrected chi connectivity index (χ1v) is 8.51. The van der Waals surface area contributed by atoms with Gasteiger partial charge in [0.1, 0.15) is 11.3 Å². The van der Waals surface area contributed by atoms with Crippen molar-refractivity contribution in [1.82, 2.24) is 0 Å². The predicted molar refractivity (Wildman–Crippen MR) is 87.0 cm³/mol. The van der Waals surface area contributed by atoms with Gasteiger partial charge in [-0.2, -0.15) is 0 Å². The lowest BCUT2D eigenvalue weighted by Crippen LogP contribution is -2.19. The third-order valence-electron chi connectivity index (χ3n) is 4.98. The monoisotopic (exact) mass is 318 g/mol. The van der Waals surface area contributed by atoms with Gasteiger partial charge in [-0.1, -0.05) is 18.0 Å². The molecule has 0 atom stereocenters. The number of aryl methyl sites for hydroxylation is 1. The summed E-state index contributed by atoms with van der Waals surface area (Å²) in [7, 11) is 0. The molecule has 0 aliphatic heterocycles. The maximum absolute atomic E-state index is 12.2. The molecule has 1 saturated carbocycles. The van der Waals surface area contributed by atoms with Crippen molar-refractivity contribution in [2.45, 2.75) is 44.9 Å². The molecule has 2 aliphatic carbocycles. The summed E-state index contributed by atoms with van der Waals surface area (Å²) in [4.78, 5) is 12.2. The molecule has 1 heterocycles. The van der Waals surface area contributed by atoms with Crippen LogP contribution in [-0.4, -0.2) is 6.61 Å². The lowest BCUT2D eigenvalue weighted by Gasteiger charge is -2.25. The highest BCUT2D eigenvalue weighted by molar-refractivity contribution is 6.32. The van der Waals surface area contributed by atoms with E-state index in [4.69, 9.17) is 20.8 Å². The van der Waals surface area contributed by atoms with Gasteiger partial charge in [0.2, 0.25) is 0 Å². The first-order chi connectivity index (χ1) is 10.7. The Labute approximate surface area is 134 Å². The summed E-state index contributed by atoms with van der Waals surface area (Å²) in [6.07, 6.45) is 7.66. The molecule has 4 heteroatoms. The first kappa shape index (κ1) is 14.1. The number of halogens is 1. The molecule has 2 aromatic rings. The Balaban J connectivity index is 1.75. The quantitative estimate of drug-likeness (QED) is 0.782. The number of fused-ring (bicyclic) bond motifs is 3. The van der Waals surface area contributed by atoms with Crippen LogP contribution >= 0.6 is 11.6 Å². The molecule has 116 valence electrons. The number of hydrogen-bond donors (Lipinski definition) is 0. The molecule has 22 heavy (non-hydrogen) atoms. The summed E-state index contributed by atoms with van der Waals surface area (Å²) >= 11 is 6.39. The van der Waals surface area contributed by atoms with Crippen molar-refractivity contribution >= 4 is 22.6 Å². The highest BCUT2D eigenvalue weighted by atomic mass is 35.5. The van der Waals surface area contributed by atoms with E-state index in [2.05, 4.69) is 0 Å². The number of ether oxygens (including phenoxy) is 1. The van der Waals surface area contributed by atoms with Gasteiger partial charge < -0.3 is 9.15 Å². The van der Waals surface area contributed by atoms with Gasteiger partial charge in [-0.3, -0.25) is 0 Å². The predicted octanol–water partition coefficient (Wildman–Crippen LogP) is 4.50. The maximum Gasteiger partial charge on any atom is 0.339 e. The van der Waals surface area contributed by atoms with Crippen molar-refractivity contribution in [2.24, 2.45) is 5.92 Å². The third-order valence-corrected chi connectivity index (χ3v) is 5.27. The van der Waals surface area contributed by atoms with Gasteiger partial charge in [-0.25, -0.2) is 4.79 Å². The molecular formula is C18H19ClO3. The van der Waals surface area contributed by atoms with Crippen molar-refractivity contribution in [3.8, 4) is 5.75 Å². The molecule has 3 nitrogen and oxygen atoms in total. The van der Waals surface area contributed by atoms with Crippen LogP contribution in [0.15, 0.2) is 21.3 Å². The molecule has 0 spiro atoms. The van der Waals surface area contributed by atoms with E-state index in [9.17, 15) is 4.79 Å². The van der Waals surface area contributed by atoms with Crippen LogP contribution in [-0.2, 0) is 12.8 Å². The van der Waals surface area contributed by atoms with Crippen LogP contribution < -0.4 is 10.4 Å². The van der Waals surface area contributed by atoms with E-state index >= 15 is 0 Å². The number of benzene rings is 1. The zero-order valence-corrected chi connectivity index (χ0v) is 13.2. The highest BCUT2D eigenvalue weighted by Gasteiger charge is 2.21. The van der Waals surface area contributed by atoms with Gasteiger partial charge in [0.05, 0.1) is 11.6 Å². The Kier molecular flexibility index (Phi) is 3.61. The molecule has 0 N–H and O–H groups in total. The zero-order chi connectivity index (χ0) is 15.1. The average Bonchev–Trinajstić information content (AvgIpc) is 2.47. The fourth-order valence-electron chi connectivity index (χ4n) is 3.42. The molecule has 0 saturated heterocycles. The van der Waals surface area contributed by atoms with Gasteiger partial charge in [0.15, 0.2) is 0 Å². The van der Waals surface area contributed by atoms with Crippen LogP contribution in [0.2, 0.25) is 5.02 Å². The molecule has 1 fully saturated rings. The van der Waals surface area contributed by atoms with Crippen molar-refractivity contribution < 1.29 is 9.15 Å². The van der Waals surface area contributed by atoms with Crippen LogP contribution in [0.3, 0.4) is 0 Å². The van der Waals surface area contributed by atoms with E-state index < -0.39 is 0 Å². The largest absolute Gasteiger partial charge is 0.492 e. The second-order valence-electron chi connectivity index (χ2n) is 6.44. The fraction of sp³-hybridized carbons (Fsp3) is 0.500. The van der Waals surface area contributed by atoms with Crippen LogP contribution in [0.4, 0.5) is 0 Å². The standard InChI is InChI=1S/C18H19ClO3/c19-15-8-14-12-6-1-2-7-13(12)18(20)22-16(14)9-17(15)21-10-11-4-3-5-11/h8-9,11H,1-7,10H2. The van der Waals surface area contributed by atoms with Crippen LogP contribution in [0.1, 0.15) is 43.2 Å². The molecule has 0 unspecified atom stereocenters. The van der Waals surface area contributed by atoms with Crippen molar-refractivity contribution in [2.75, 3.05) is 6.61 Å². The van der Waals surface area contributed by atoms with Crippen molar-refractivity contribution in [3.05, 3.63) is 38.7 Å². The number of hydrogen-bond acceptors (Lipinski definition) is 3. The number of rotatable bonds is 3. The van der Waals surface area contributed by atoms with Crippen LogP contribution in [0.5, 0.6) is 5.75 Å². The van der Waals surface area contributed by atoms with Gasteiger partial charge in [-0.05, 0) is 56.1 Å². The van der Waals surface area contributed by atoms with E-state index in [1.165, 1.54) is 19.3 Å². The van der Waals surface area contributed by atoms with Crippen LogP contribution in [0.25, 0.3) is 11.0 Å². The summed E-state index contributed by atoms with van der Waals surface area (Å²) in [5.41, 5.74) is 2.34. The van der Waals surface area contributed by atoms with E-state index in [1.54, 1.807) is 6.07 Å².